The number of rotatable bonds is 28. The summed E-state index contributed by atoms with van der Waals surface area (Å²) in [5.41, 5.74) is 0. The van der Waals surface area contributed by atoms with Crippen LogP contribution in [0, 0.1) is 0 Å². The van der Waals surface area contributed by atoms with E-state index in [4.69, 9.17) is 12.2 Å². The zero-order valence-electron chi connectivity index (χ0n) is 32.8. The Balaban J connectivity index is 6.03. The highest BCUT2D eigenvalue weighted by Crippen LogP contribution is 2.31. The van der Waals surface area contributed by atoms with Crippen molar-refractivity contribution in [2.24, 2.45) is 0 Å². The van der Waals surface area contributed by atoms with Gasteiger partial charge in [-0.2, -0.15) is 0 Å². The van der Waals surface area contributed by atoms with Gasteiger partial charge in [0.25, 0.3) is 0 Å². The molecule has 0 rings (SSSR count). The number of hydrogen-bond acceptors (Lipinski definition) is 1. The molecule has 0 radical (unpaired) electrons. The van der Waals surface area contributed by atoms with Gasteiger partial charge in [0.1, 0.15) is 0 Å². The minimum atomic E-state index is -1.10. The Morgan fingerprint density at radius 3 is 0.636 bits per heavy atom. The molecule has 2 nitrogen and oxygen atoms in total. The van der Waals surface area contributed by atoms with Crippen molar-refractivity contribution in [2.45, 2.75) is 205 Å². The Labute approximate surface area is 289 Å². The van der Waals surface area contributed by atoms with Crippen molar-refractivity contribution in [1.82, 2.24) is 9.80 Å². The first-order valence-corrected chi connectivity index (χ1v) is 31.8. The fourth-order valence-electron chi connectivity index (χ4n) is 8.51. The van der Waals surface area contributed by atoms with E-state index in [9.17, 15) is 0 Å². The highest BCUT2D eigenvalue weighted by atomic mass is 32.1. The standard InChI is InChI=1S/C37H84N2SSi4/c1-13-41(14-2,15-3)33-25-29-38(30-26-34-42(16-4,17-5)18-6)37(40)39(31-27-35-43(19-7,20-8)21-9)32-28-36-44(22-10,23-11)24-12/h13-36H2,1-12H3. The third-order valence-corrected chi connectivity index (χ3v) is 38.3. The Bertz CT molecular complexity index is 575. The van der Waals surface area contributed by atoms with Crippen molar-refractivity contribution in [2.75, 3.05) is 26.2 Å². The first kappa shape index (κ1) is 44.6. The summed E-state index contributed by atoms with van der Waals surface area (Å²) in [6.45, 7) is 34.5. The smallest absolute Gasteiger partial charge is 0.171 e. The van der Waals surface area contributed by atoms with Gasteiger partial charge in [-0.3, -0.25) is 0 Å². The normalized spacial score (nSPS) is 13.0. The molecule has 7 heteroatoms. The van der Waals surface area contributed by atoms with Crippen LogP contribution < -0.4 is 0 Å². The van der Waals surface area contributed by atoms with Gasteiger partial charge in [0.05, 0.1) is 32.3 Å². The summed E-state index contributed by atoms with van der Waals surface area (Å²) < 4.78 is 0. The average Bonchev–Trinajstić information content (AvgIpc) is 3.08. The number of nitrogens with zero attached hydrogens (tertiary/aromatic N) is 2. The van der Waals surface area contributed by atoms with Gasteiger partial charge in [0.2, 0.25) is 0 Å². The lowest BCUT2D eigenvalue weighted by Crippen LogP contribution is -2.46. The zero-order chi connectivity index (χ0) is 33.7. The monoisotopic (exact) mass is 701 g/mol. The van der Waals surface area contributed by atoms with Gasteiger partial charge in [-0.15, -0.1) is 0 Å². The predicted molar refractivity (Wildman–Crippen MR) is 222 cm³/mol. The molecule has 0 atom stereocenters. The molecule has 0 saturated heterocycles. The van der Waals surface area contributed by atoms with E-state index < -0.39 is 32.3 Å². The van der Waals surface area contributed by atoms with Crippen molar-refractivity contribution in [3.8, 4) is 0 Å². The SMILES string of the molecule is CC[Si](CC)(CC)CCCN(CCC[Si](CC)(CC)CC)C(=S)N(CCC[Si](CC)(CC)CC)CCC[Si](CC)(CC)CC. The van der Waals surface area contributed by atoms with Gasteiger partial charge < -0.3 is 9.80 Å². The first-order chi connectivity index (χ1) is 21.0. The summed E-state index contributed by atoms with van der Waals surface area (Å²) in [4.78, 5) is 5.48. The van der Waals surface area contributed by atoms with Crippen LogP contribution >= 0.6 is 12.2 Å². The van der Waals surface area contributed by atoms with Crippen LogP contribution in [0.3, 0.4) is 0 Å². The van der Waals surface area contributed by atoms with E-state index in [1.165, 1.54) is 154 Å². The van der Waals surface area contributed by atoms with E-state index in [1.54, 1.807) is 0 Å². The van der Waals surface area contributed by atoms with E-state index in [2.05, 4.69) is 92.9 Å². The van der Waals surface area contributed by atoms with Gasteiger partial charge >= 0.3 is 0 Å². The van der Waals surface area contributed by atoms with E-state index in [1.807, 2.05) is 0 Å². The maximum atomic E-state index is 6.56. The summed E-state index contributed by atoms with van der Waals surface area (Å²) in [6.07, 6.45) is 5.40. The number of thiocarbonyl (C=S) groups is 1. The molecule has 0 aromatic carbocycles. The maximum Gasteiger partial charge on any atom is 0.171 e. The van der Waals surface area contributed by atoms with Crippen LogP contribution in [0.25, 0.3) is 0 Å². The lowest BCUT2D eigenvalue weighted by Gasteiger charge is -2.38. The Hall–Kier alpha value is 0.558. The molecule has 0 amide bonds. The van der Waals surface area contributed by atoms with Gasteiger partial charge in [0.15, 0.2) is 5.11 Å². The average molecular weight is 702 g/mol. The molecule has 0 aliphatic rings. The fraction of sp³-hybridized carbons (Fsp3) is 0.973. The molecular weight excluding hydrogens is 617 g/mol. The molecule has 0 saturated carbocycles. The van der Waals surface area contributed by atoms with Crippen molar-refractivity contribution in [1.29, 1.82) is 0 Å². The topological polar surface area (TPSA) is 6.48 Å². The van der Waals surface area contributed by atoms with Gasteiger partial charge in [-0.25, -0.2) is 0 Å². The predicted octanol–water partition coefficient (Wildman–Crippen LogP) is 13.5. The second-order valence-electron chi connectivity index (χ2n) is 14.9. The van der Waals surface area contributed by atoms with E-state index in [0.29, 0.717) is 0 Å². The quantitative estimate of drug-likeness (QED) is 0.0592. The summed E-state index contributed by atoms with van der Waals surface area (Å²) in [5, 5.41) is 1.23. The molecule has 0 aliphatic heterocycles. The lowest BCUT2D eigenvalue weighted by atomic mass is 10.3. The number of hydrogen-bond donors (Lipinski definition) is 0. The minimum absolute atomic E-state index is 1.10. The third-order valence-electron chi connectivity index (χ3n) is 14.1. The molecule has 0 N–H and O–H groups in total. The van der Waals surface area contributed by atoms with Crippen LogP contribution in [-0.4, -0.2) is 73.4 Å². The highest BCUT2D eigenvalue weighted by molar-refractivity contribution is 7.80. The molecule has 264 valence electrons. The van der Waals surface area contributed by atoms with Crippen LogP contribution in [0.4, 0.5) is 0 Å². The maximum absolute atomic E-state index is 6.56. The molecule has 0 aromatic heterocycles. The van der Waals surface area contributed by atoms with E-state index >= 15 is 0 Å². The van der Waals surface area contributed by atoms with Crippen molar-refractivity contribution in [3.63, 3.8) is 0 Å². The van der Waals surface area contributed by atoms with Crippen molar-refractivity contribution in [3.05, 3.63) is 0 Å². The van der Waals surface area contributed by atoms with Crippen LogP contribution in [0.2, 0.25) is 96.7 Å². The van der Waals surface area contributed by atoms with Gasteiger partial charge in [0, 0.05) is 26.2 Å². The molecule has 0 fully saturated rings. The molecular formula is C37H84N2SSi4. The van der Waals surface area contributed by atoms with Crippen LogP contribution in [0.5, 0.6) is 0 Å². The van der Waals surface area contributed by atoms with Crippen LogP contribution in [0.15, 0.2) is 0 Å². The first-order valence-electron chi connectivity index (χ1n) is 20.1. The van der Waals surface area contributed by atoms with Crippen LogP contribution in [0.1, 0.15) is 109 Å². The Morgan fingerprint density at radius 2 is 0.500 bits per heavy atom. The highest BCUT2D eigenvalue weighted by Gasteiger charge is 2.31. The molecule has 44 heavy (non-hydrogen) atoms. The van der Waals surface area contributed by atoms with Crippen LogP contribution in [-0.2, 0) is 0 Å². The Morgan fingerprint density at radius 1 is 0.341 bits per heavy atom. The molecule has 0 bridgehead atoms. The summed E-state index contributed by atoms with van der Waals surface area (Å²) in [5.74, 6) is 0. The molecule has 0 heterocycles. The molecule has 0 aromatic rings. The minimum Gasteiger partial charge on any atom is -0.349 e. The summed E-state index contributed by atoms with van der Waals surface area (Å²) in [7, 11) is -4.41. The fourth-order valence-corrected chi connectivity index (χ4v) is 22.7. The second kappa shape index (κ2) is 23.8. The third kappa shape index (κ3) is 14.0. The molecule has 0 aliphatic carbocycles. The lowest BCUT2D eigenvalue weighted by molar-refractivity contribution is 0.323. The summed E-state index contributed by atoms with van der Waals surface area (Å²) >= 11 is 6.56. The zero-order valence-corrected chi connectivity index (χ0v) is 37.6. The molecule has 0 spiro atoms. The van der Waals surface area contributed by atoms with Crippen molar-refractivity contribution >= 4 is 49.6 Å². The second-order valence-corrected chi connectivity index (χ2v) is 37.8. The Kier molecular flexibility index (Phi) is 24.1. The summed E-state index contributed by atoms with van der Waals surface area (Å²) in [6, 6.07) is 23.3. The van der Waals surface area contributed by atoms with Crippen molar-refractivity contribution < 1.29 is 0 Å². The van der Waals surface area contributed by atoms with E-state index in [-0.39, 0.29) is 0 Å². The largest absolute Gasteiger partial charge is 0.349 e. The van der Waals surface area contributed by atoms with Gasteiger partial charge in [-0.1, -0.05) is 180 Å². The molecule has 0 unspecified atom stereocenters. The van der Waals surface area contributed by atoms with Gasteiger partial charge in [-0.05, 0) is 37.9 Å². The van der Waals surface area contributed by atoms with E-state index in [0.717, 1.165) is 0 Å².